The molecule has 5 heteroatoms. The van der Waals surface area contributed by atoms with Gasteiger partial charge in [-0.2, -0.15) is 0 Å². The number of hydrogen-bond donors (Lipinski definition) is 0. The number of likely N-dealkylation sites (N-methyl/N-ethyl adjacent to an activating group) is 1. The third-order valence-electron chi connectivity index (χ3n) is 3.45. The number of fused-ring (bicyclic) bond motifs is 1. The summed E-state index contributed by atoms with van der Waals surface area (Å²) in [6.45, 7) is 0.743. The summed E-state index contributed by atoms with van der Waals surface area (Å²) < 4.78 is 20.6. The van der Waals surface area contributed by atoms with Crippen molar-refractivity contribution in [3.8, 4) is 0 Å². The number of rotatable bonds is 2. The number of nitrogens with zero attached hydrogens (tertiary/aromatic N) is 3. The third-order valence-corrected chi connectivity index (χ3v) is 3.45. The lowest BCUT2D eigenvalue weighted by Gasteiger charge is -2.22. The topological polar surface area (TPSA) is 30.3 Å². The van der Waals surface area contributed by atoms with Crippen LogP contribution in [0.3, 0.4) is 0 Å². The molecule has 0 aliphatic carbocycles. The van der Waals surface area contributed by atoms with E-state index in [-0.39, 0.29) is 5.82 Å². The Hall–Kier alpha value is -2.30. The summed E-state index contributed by atoms with van der Waals surface area (Å²) in [5.74, 6) is 1.37. The lowest BCUT2D eigenvalue weighted by atomic mass is 10.1. The van der Waals surface area contributed by atoms with Gasteiger partial charge in [0.15, 0.2) is 0 Å². The Bertz CT molecular complexity index is 730. The zero-order valence-electron chi connectivity index (χ0n) is 11.7. The molecule has 1 aromatic carbocycles. The first-order valence-electron chi connectivity index (χ1n) is 6.37. The minimum Gasteiger partial charge on any atom is -0.495 e. The van der Waals surface area contributed by atoms with Crippen molar-refractivity contribution >= 4 is 16.6 Å². The van der Waals surface area contributed by atoms with Crippen LogP contribution >= 0.6 is 0 Å². The standard InChI is InChI=1S/C15H16FN3O/c1-18-8-10(6-12(9-18)20-3)15-17-13-5-4-11(16)7-14(13)19(15)2/h4-7,9H,8H2,1-3H3. The molecule has 0 bridgehead atoms. The van der Waals surface area contributed by atoms with E-state index in [9.17, 15) is 4.39 Å². The number of allylic oxidation sites excluding steroid dienone is 1. The first-order valence-corrected chi connectivity index (χ1v) is 6.37. The number of benzene rings is 1. The summed E-state index contributed by atoms with van der Waals surface area (Å²) in [7, 11) is 5.52. The van der Waals surface area contributed by atoms with Crippen molar-refractivity contribution in [2.24, 2.45) is 7.05 Å². The molecule has 104 valence electrons. The van der Waals surface area contributed by atoms with Crippen LogP contribution in [0.1, 0.15) is 5.82 Å². The van der Waals surface area contributed by atoms with Gasteiger partial charge in [-0.15, -0.1) is 0 Å². The quantitative estimate of drug-likeness (QED) is 0.842. The van der Waals surface area contributed by atoms with Crippen molar-refractivity contribution in [1.29, 1.82) is 0 Å². The van der Waals surface area contributed by atoms with Crippen molar-refractivity contribution in [3.63, 3.8) is 0 Å². The molecule has 0 N–H and O–H groups in total. The Morgan fingerprint density at radius 1 is 1.30 bits per heavy atom. The van der Waals surface area contributed by atoms with Gasteiger partial charge in [0.2, 0.25) is 0 Å². The largest absolute Gasteiger partial charge is 0.495 e. The van der Waals surface area contributed by atoms with Crippen LogP contribution < -0.4 is 0 Å². The molecule has 0 saturated heterocycles. The fourth-order valence-electron chi connectivity index (χ4n) is 2.48. The molecule has 2 aromatic rings. The van der Waals surface area contributed by atoms with Gasteiger partial charge in [-0.1, -0.05) is 0 Å². The fraction of sp³-hybridized carbons (Fsp3) is 0.267. The summed E-state index contributed by atoms with van der Waals surface area (Å²) in [6, 6.07) is 4.64. The predicted molar refractivity (Wildman–Crippen MR) is 76.4 cm³/mol. The van der Waals surface area contributed by atoms with Crippen LogP contribution in [0.25, 0.3) is 16.6 Å². The molecule has 1 aromatic heterocycles. The molecule has 0 amide bonds. The van der Waals surface area contributed by atoms with Gasteiger partial charge in [0, 0.05) is 32.4 Å². The lowest BCUT2D eigenvalue weighted by molar-refractivity contribution is 0.291. The summed E-state index contributed by atoms with van der Waals surface area (Å²) in [5.41, 5.74) is 2.63. The normalized spacial score (nSPS) is 15.3. The summed E-state index contributed by atoms with van der Waals surface area (Å²) in [6.07, 6.45) is 3.91. The molecule has 3 rings (SSSR count). The number of ether oxygens (including phenoxy) is 1. The van der Waals surface area contributed by atoms with Crippen LogP contribution in [-0.4, -0.2) is 35.2 Å². The average molecular weight is 273 g/mol. The Kier molecular flexibility index (Phi) is 2.97. The van der Waals surface area contributed by atoms with Crippen LogP contribution in [0, 0.1) is 5.82 Å². The molecule has 0 atom stereocenters. The number of hydrogen-bond acceptors (Lipinski definition) is 3. The Balaban J connectivity index is 2.13. The zero-order chi connectivity index (χ0) is 14.3. The second-order valence-corrected chi connectivity index (χ2v) is 4.95. The summed E-state index contributed by atoms with van der Waals surface area (Å²) in [4.78, 5) is 6.63. The van der Waals surface area contributed by atoms with Gasteiger partial charge in [-0.25, -0.2) is 9.37 Å². The number of methoxy groups -OCH3 is 1. The summed E-state index contributed by atoms with van der Waals surface area (Å²) in [5, 5.41) is 0. The van der Waals surface area contributed by atoms with Crippen LogP contribution in [-0.2, 0) is 11.8 Å². The van der Waals surface area contributed by atoms with Gasteiger partial charge in [0.25, 0.3) is 0 Å². The molecule has 0 spiro atoms. The highest BCUT2D eigenvalue weighted by atomic mass is 19.1. The summed E-state index contributed by atoms with van der Waals surface area (Å²) >= 11 is 0. The molecule has 0 fully saturated rings. The minimum absolute atomic E-state index is 0.251. The third kappa shape index (κ3) is 2.05. The minimum atomic E-state index is -0.251. The molecule has 20 heavy (non-hydrogen) atoms. The maximum absolute atomic E-state index is 13.4. The van der Waals surface area contributed by atoms with E-state index in [1.807, 2.05) is 35.8 Å². The van der Waals surface area contributed by atoms with Crippen LogP contribution in [0.5, 0.6) is 0 Å². The molecule has 2 heterocycles. The first kappa shape index (κ1) is 12.7. The van der Waals surface area contributed by atoms with Crippen molar-refractivity contribution in [2.45, 2.75) is 0 Å². The molecule has 0 saturated carbocycles. The molecular formula is C15H16FN3O. The van der Waals surface area contributed by atoms with E-state index in [2.05, 4.69) is 4.98 Å². The van der Waals surface area contributed by atoms with E-state index >= 15 is 0 Å². The van der Waals surface area contributed by atoms with Crippen molar-refractivity contribution < 1.29 is 9.13 Å². The Morgan fingerprint density at radius 2 is 2.10 bits per heavy atom. The van der Waals surface area contributed by atoms with Gasteiger partial charge < -0.3 is 14.2 Å². The molecular weight excluding hydrogens is 257 g/mol. The SMILES string of the molecule is COC1=CN(C)CC(c2nc3ccc(F)cc3n2C)=C1. The number of halogens is 1. The van der Waals surface area contributed by atoms with Crippen molar-refractivity contribution in [1.82, 2.24) is 14.5 Å². The van der Waals surface area contributed by atoms with Gasteiger partial charge >= 0.3 is 0 Å². The van der Waals surface area contributed by atoms with Gasteiger partial charge in [-0.05, 0) is 24.3 Å². The van der Waals surface area contributed by atoms with Gasteiger partial charge in [0.05, 0.1) is 18.1 Å². The molecule has 1 aliphatic heterocycles. The van der Waals surface area contributed by atoms with Gasteiger partial charge in [-0.3, -0.25) is 0 Å². The highest BCUT2D eigenvalue weighted by Crippen LogP contribution is 2.25. The smallest absolute Gasteiger partial charge is 0.138 e. The highest BCUT2D eigenvalue weighted by molar-refractivity contribution is 5.80. The second kappa shape index (κ2) is 4.67. The van der Waals surface area contributed by atoms with Crippen molar-refractivity contribution in [2.75, 3.05) is 20.7 Å². The fourth-order valence-corrected chi connectivity index (χ4v) is 2.48. The Morgan fingerprint density at radius 3 is 2.85 bits per heavy atom. The van der Waals surface area contributed by atoms with Crippen LogP contribution in [0.2, 0.25) is 0 Å². The van der Waals surface area contributed by atoms with Crippen LogP contribution in [0.15, 0.2) is 36.2 Å². The van der Waals surface area contributed by atoms with Crippen LogP contribution in [0.4, 0.5) is 4.39 Å². The number of aryl methyl sites for hydroxylation is 1. The van der Waals surface area contributed by atoms with E-state index in [0.717, 1.165) is 34.7 Å². The highest BCUT2D eigenvalue weighted by Gasteiger charge is 2.17. The monoisotopic (exact) mass is 273 g/mol. The van der Waals surface area contributed by atoms with E-state index in [0.29, 0.717) is 0 Å². The lowest BCUT2D eigenvalue weighted by Crippen LogP contribution is -2.20. The van der Waals surface area contributed by atoms with Crippen molar-refractivity contribution in [3.05, 3.63) is 47.9 Å². The Labute approximate surface area is 116 Å². The zero-order valence-corrected chi connectivity index (χ0v) is 11.7. The second-order valence-electron chi connectivity index (χ2n) is 4.95. The number of imidazole rings is 1. The van der Waals surface area contributed by atoms with E-state index < -0.39 is 0 Å². The van der Waals surface area contributed by atoms with E-state index in [4.69, 9.17) is 4.74 Å². The van der Waals surface area contributed by atoms with E-state index in [1.54, 1.807) is 13.2 Å². The van der Waals surface area contributed by atoms with E-state index in [1.165, 1.54) is 12.1 Å². The maximum atomic E-state index is 13.4. The first-order chi connectivity index (χ1) is 9.58. The molecule has 0 radical (unpaired) electrons. The molecule has 0 unspecified atom stereocenters. The molecule has 4 nitrogen and oxygen atoms in total. The average Bonchev–Trinajstić information content (AvgIpc) is 2.75. The number of aromatic nitrogens is 2. The van der Waals surface area contributed by atoms with Gasteiger partial charge in [0.1, 0.15) is 17.4 Å². The maximum Gasteiger partial charge on any atom is 0.138 e. The molecule has 1 aliphatic rings. The predicted octanol–water partition coefficient (Wildman–Crippen LogP) is 2.53.